The van der Waals surface area contributed by atoms with Crippen LogP contribution in [0.25, 0.3) is 0 Å². The maximum atomic E-state index is 12.8. The van der Waals surface area contributed by atoms with E-state index in [-0.39, 0.29) is 18.2 Å². The van der Waals surface area contributed by atoms with Gasteiger partial charge in [0.2, 0.25) is 0 Å². The van der Waals surface area contributed by atoms with Crippen molar-refractivity contribution in [2.45, 2.75) is 44.7 Å². The number of hydrogen-bond donors (Lipinski definition) is 0. The molecule has 3 amide bonds. The van der Waals surface area contributed by atoms with Crippen LogP contribution in [0.3, 0.4) is 0 Å². The van der Waals surface area contributed by atoms with Crippen molar-refractivity contribution in [1.29, 1.82) is 0 Å². The third-order valence-corrected chi connectivity index (χ3v) is 5.48. The fourth-order valence-electron chi connectivity index (χ4n) is 3.67. The SMILES string of the molecule is CC(c1cccc(N2CCOC2=O)c1)N(C)C(=O)N(C)C1CCCC1. The van der Waals surface area contributed by atoms with Gasteiger partial charge < -0.3 is 14.5 Å². The topological polar surface area (TPSA) is 53.1 Å². The predicted molar refractivity (Wildman–Crippen MR) is 96.7 cm³/mol. The predicted octanol–water partition coefficient (Wildman–Crippen LogP) is 3.63. The summed E-state index contributed by atoms with van der Waals surface area (Å²) in [5, 5.41) is 0. The molecule has 2 aliphatic rings. The minimum absolute atomic E-state index is 0.0467. The second-order valence-corrected chi connectivity index (χ2v) is 6.98. The maximum Gasteiger partial charge on any atom is 0.414 e. The highest BCUT2D eigenvalue weighted by Crippen LogP contribution is 2.28. The molecule has 1 saturated carbocycles. The molecule has 1 aliphatic heterocycles. The van der Waals surface area contributed by atoms with Gasteiger partial charge in [-0.3, -0.25) is 4.90 Å². The molecule has 2 fully saturated rings. The van der Waals surface area contributed by atoms with Crippen LogP contribution < -0.4 is 4.90 Å². The molecule has 1 unspecified atom stereocenters. The van der Waals surface area contributed by atoms with Crippen molar-refractivity contribution in [1.82, 2.24) is 9.80 Å². The van der Waals surface area contributed by atoms with Gasteiger partial charge in [-0.05, 0) is 37.5 Å². The molecular formula is C19H27N3O3. The molecule has 1 heterocycles. The third-order valence-electron chi connectivity index (χ3n) is 5.48. The Morgan fingerprint density at radius 3 is 2.64 bits per heavy atom. The van der Waals surface area contributed by atoms with Crippen LogP contribution in [0.4, 0.5) is 15.3 Å². The zero-order valence-corrected chi connectivity index (χ0v) is 15.3. The number of rotatable bonds is 4. The molecule has 3 rings (SSSR count). The smallest absolute Gasteiger partial charge is 0.414 e. The van der Waals surface area contributed by atoms with Gasteiger partial charge in [0.25, 0.3) is 0 Å². The summed E-state index contributed by atoms with van der Waals surface area (Å²) < 4.78 is 5.01. The van der Waals surface area contributed by atoms with Crippen molar-refractivity contribution >= 4 is 17.8 Å². The molecule has 1 aromatic carbocycles. The summed E-state index contributed by atoms with van der Waals surface area (Å²) in [6.45, 7) is 3.00. The number of nitrogens with zero attached hydrogens (tertiary/aromatic N) is 3. The standard InChI is InChI=1S/C19H27N3O3/c1-14(20(2)18(23)21(3)16-8-4-5-9-16)15-7-6-10-17(13-15)22-11-12-25-19(22)24/h6-7,10,13-14,16H,4-5,8-9,11-12H2,1-3H3. The Hall–Kier alpha value is -2.24. The molecular weight excluding hydrogens is 318 g/mol. The number of cyclic esters (lactones) is 1. The van der Waals surface area contributed by atoms with Gasteiger partial charge in [0.15, 0.2) is 0 Å². The molecule has 0 bridgehead atoms. The number of anilines is 1. The van der Waals surface area contributed by atoms with Crippen molar-refractivity contribution in [3.63, 3.8) is 0 Å². The number of hydrogen-bond acceptors (Lipinski definition) is 3. The quantitative estimate of drug-likeness (QED) is 0.837. The monoisotopic (exact) mass is 345 g/mol. The summed E-state index contributed by atoms with van der Waals surface area (Å²) >= 11 is 0. The highest BCUT2D eigenvalue weighted by molar-refractivity contribution is 5.89. The Bertz CT molecular complexity index is 643. The van der Waals surface area contributed by atoms with Gasteiger partial charge in [-0.25, -0.2) is 9.59 Å². The summed E-state index contributed by atoms with van der Waals surface area (Å²) in [7, 11) is 3.74. The van der Waals surface area contributed by atoms with Crippen molar-refractivity contribution in [3.05, 3.63) is 29.8 Å². The Kier molecular flexibility index (Phi) is 5.16. The van der Waals surface area contributed by atoms with Gasteiger partial charge >= 0.3 is 12.1 Å². The summed E-state index contributed by atoms with van der Waals surface area (Å²) in [6, 6.07) is 8.11. The van der Waals surface area contributed by atoms with E-state index in [0.29, 0.717) is 19.2 Å². The lowest BCUT2D eigenvalue weighted by Crippen LogP contribution is -2.44. The maximum absolute atomic E-state index is 12.8. The van der Waals surface area contributed by atoms with Crippen LogP contribution in [0.1, 0.15) is 44.2 Å². The number of ether oxygens (including phenoxy) is 1. The van der Waals surface area contributed by atoms with E-state index in [4.69, 9.17) is 4.74 Å². The highest BCUT2D eigenvalue weighted by Gasteiger charge is 2.28. The van der Waals surface area contributed by atoms with E-state index in [2.05, 4.69) is 0 Å². The number of carbonyl (C=O) groups is 2. The molecule has 0 radical (unpaired) electrons. The van der Waals surface area contributed by atoms with Crippen LogP contribution in [0.2, 0.25) is 0 Å². The van der Waals surface area contributed by atoms with Crippen molar-refractivity contribution in [2.24, 2.45) is 0 Å². The van der Waals surface area contributed by atoms with E-state index in [1.165, 1.54) is 12.8 Å². The Morgan fingerprint density at radius 2 is 2.00 bits per heavy atom. The van der Waals surface area contributed by atoms with Crippen LogP contribution in [0.15, 0.2) is 24.3 Å². The normalized spacial score (nSPS) is 19.0. The molecule has 0 N–H and O–H groups in total. The minimum Gasteiger partial charge on any atom is -0.447 e. The summed E-state index contributed by atoms with van der Waals surface area (Å²) in [5.41, 5.74) is 1.82. The zero-order chi connectivity index (χ0) is 18.0. The van der Waals surface area contributed by atoms with Crippen LogP contribution in [0, 0.1) is 0 Å². The van der Waals surface area contributed by atoms with E-state index < -0.39 is 0 Å². The first kappa shape index (κ1) is 17.6. The first-order chi connectivity index (χ1) is 12.0. The molecule has 6 nitrogen and oxygen atoms in total. The van der Waals surface area contributed by atoms with Gasteiger partial charge in [-0.2, -0.15) is 0 Å². The number of benzene rings is 1. The first-order valence-electron chi connectivity index (χ1n) is 9.03. The van der Waals surface area contributed by atoms with Gasteiger partial charge in [0.05, 0.1) is 12.6 Å². The molecule has 0 spiro atoms. The van der Waals surface area contributed by atoms with Crippen molar-refractivity contribution < 1.29 is 14.3 Å². The molecule has 25 heavy (non-hydrogen) atoms. The van der Waals surface area contributed by atoms with E-state index in [9.17, 15) is 9.59 Å². The number of urea groups is 1. The Labute approximate surface area is 149 Å². The Morgan fingerprint density at radius 1 is 1.28 bits per heavy atom. The average Bonchev–Trinajstić information content (AvgIpc) is 3.31. The van der Waals surface area contributed by atoms with E-state index in [1.54, 1.807) is 9.80 Å². The van der Waals surface area contributed by atoms with E-state index >= 15 is 0 Å². The molecule has 1 aromatic rings. The van der Waals surface area contributed by atoms with Crippen LogP contribution in [-0.2, 0) is 4.74 Å². The molecule has 1 atom stereocenters. The average molecular weight is 345 g/mol. The summed E-state index contributed by atoms with van der Waals surface area (Å²) in [5.74, 6) is 0. The molecule has 0 aromatic heterocycles. The van der Waals surface area contributed by atoms with Crippen LogP contribution in [-0.4, -0.2) is 55.2 Å². The van der Waals surface area contributed by atoms with Gasteiger partial charge in [0.1, 0.15) is 6.61 Å². The molecule has 1 saturated heterocycles. The summed E-state index contributed by atoms with van der Waals surface area (Å²) in [4.78, 5) is 29.9. The highest BCUT2D eigenvalue weighted by atomic mass is 16.6. The van der Waals surface area contributed by atoms with Crippen LogP contribution >= 0.6 is 0 Å². The first-order valence-corrected chi connectivity index (χ1v) is 9.03. The molecule has 6 heteroatoms. The Balaban J connectivity index is 1.72. The van der Waals surface area contributed by atoms with Gasteiger partial charge in [-0.1, -0.05) is 25.0 Å². The fraction of sp³-hybridized carbons (Fsp3) is 0.579. The number of carbonyl (C=O) groups excluding carboxylic acids is 2. The van der Waals surface area contributed by atoms with Crippen molar-refractivity contribution in [3.8, 4) is 0 Å². The molecule has 1 aliphatic carbocycles. The fourth-order valence-corrected chi connectivity index (χ4v) is 3.67. The lowest BCUT2D eigenvalue weighted by molar-refractivity contribution is 0.144. The van der Waals surface area contributed by atoms with Crippen LogP contribution in [0.5, 0.6) is 0 Å². The minimum atomic E-state index is -0.310. The van der Waals surface area contributed by atoms with E-state index in [1.807, 2.05) is 50.2 Å². The van der Waals surface area contributed by atoms with E-state index in [0.717, 1.165) is 24.1 Å². The van der Waals surface area contributed by atoms with Gasteiger partial charge in [-0.15, -0.1) is 0 Å². The lowest BCUT2D eigenvalue weighted by atomic mass is 10.1. The van der Waals surface area contributed by atoms with Gasteiger partial charge in [0, 0.05) is 25.8 Å². The number of amides is 3. The van der Waals surface area contributed by atoms with Crippen molar-refractivity contribution in [2.75, 3.05) is 32.1 Å². The largest absolute Gasteiger partial charge is 0.447 e. The summed E-state index contributed by atoms with van der Waals surface area (Å²) in [6.07, 6.45) is 4.29. The second-order valence-electron chi connectivity index (χ2n) is 6.98. The second kappa shape index (κ2) is 7.33. The zero-order valence-electron chi connectivity index (χ0n) is 15.3. The molecule has 136 valence electrons. The lowest BCUT2D eigenvalue weighted by Gasteiger charge is -2.33. The third kappa shape index (κ3) is 3.57.